The van der Waals surface area contributed by atoms with E-state index in [2.05, 4.69) is 5.32 Å². The number of nitrogens with zero attached hydrogens (tertiary/aromatic N) is 1. The highest BCUT2D eigenvalue weighted by atomic mass is 16.4. The van der Waals surface area contributed by atoms with E-state index in [1.807, 2.05) is 25.7 Å². The topological polar surface area (TPSA) is 69.6 Å². The molecule has 1 aliphatic heterocycles. The Labute approximate surface area is 95.8 Å². The van der Waals surface area contributed by atoms with Crippen molar-refractivity contribution in [3.63, 3.8) is 0 Å². The predicted molar refractivity (Wildman–Crippen MR) is 60.1 cm³/mol. The van der Waals surface area contributed by atoms with Gasteiger partial charge in [-0.3, -0.25) is 14.5 Å². The number of aliphatic carboxylic acids is 1. The standard InChI is InChI=1S/C11H20N2O3/c1-4-5-13-7-11(2,3)12-10(16)8(13)6-9(14)15/h8H,4-7H2,1-3H3,(H,12,16)(H,14,15). The maximum Gasteiger partial charge on any atom is 0.305 e. The first-order chi connectivity index (χ1) is 7.35. The van der Waals surface area contributed by atoms with E-state index in [1.165, 1.54) is 0 Å². The van der Waals surface area contributed by atoms with Crippen LogP contribution in [0.25, 0.3) is 0 Å². The molecule has 1 atom stereocenters. The summed E-state index contributed by atoms with van der Waals surface area (Å²) in [4.78, 5) is 24.5. The minimum atomic E-state index is -0.930. The van der Waals surface area contributed by atoms with Crippen LogP contribution in [0.3, 0.4) is 0 Å². The van der Waals surface area contributed by atoms with Crippen molar-refractivity contribution in [1.82, 2.24) is 10.2 Å². The highest BCUT2D eigenvalue weighted by Crippen LogP contribution is 2.18. The first-order valence-electron chi connectivity index (χ1n) is 5.63. The summed E-state index contributed by atoms with van der Waals surface area (Å²) >= 11 is 0. The van der Waals surface area contributed by atoms with E-state index in [9.17, 15) is 9.59 Å². The average Bonchev–Trinajstić information content (AvgIpc) is 2.10. The van der Waals surface area contributed by atoms with Crippen LogP contribution >= 0.6 is 0 Å². The molecule has 0 aromatic carbocycles. The largest absolute Gasteiger partial charge is 0.481 e. The average molecular weight is 228 g/mol. The Kier molecular flexibility index (Phi) is 3.91. The van der Waals surface area contributed by atoms with Crippen LogP contribution in [-0.2, 0) is 9.59 Å². The van der Waals surface area contributed by atoms with Crippen molar-refractivity contribution in [3.05, 3.63) is 0 Å². The molecule has 0 aromatic heterocycles. The van der Waals surface area contributed by atoms with Crippen LogP contribution in [0.5, 0.6) is 0 Å². The summed E-state index contributed by atoms with van der Waals surface area (Å²) in [6.45, 7) is 7.38. The summed E-state index contributed by atoms with van der Waals surface area (Å²) in [5, 5.41) is 11.6. The molecule has 1 unspecified atom stereocenters. The molecule has 16 heavy (non-hydrogen) atoms. The molecule has 2 N–H and O–H groups in total. The van der Waals surface area contributed by atoms with Gasteiger partial charge in [-0.2, -0.15) is 0 Å². The van der Waals surface area contributed by atoms with Crippen molar-refractivity contribution < 1.29 is 14.7 Å². The van der Waals surface area contributed by atoms with Crippen LogP contribution < -0.4 is 5.32 Å². The lowest BCUT2D eigenvalue weighted by Gasteiger charge is -2.43. The highest BCUT2D eigenvalue weighted by molar-refractivity contribution is 5.87. The molecule has 1 rings (SSSR count). The Bertz CT molecular complexity index is 289. The Morgan fingerprint density at radius 2 is 2.25 bits per heavy atom. The van der Waals surface area contributed by atoms with Crippen LogP contribution in [0.15, 0.2) is 0 Å². The number of piperazine rings is 1. The molecular weight excluding hydrogens is 208 g/mol. The zero-order chi connectivity index (χ0) is 12.3. The van der Waals surface area contributed by atoms with E-state index < -0.39 is 12.0 Å². The molecule has 0 spiro atoms. The monoisotopic (exact) mass is 228 g/mol. The normalized spacial score (nSPS) is 25.2. The van der Waals surface area contributed by atoms with Gasteiger partial charge in [0.2, 0.25) is 5.91 Å². The van der Waals surface area contributed by atoms with Gasteiger partial charge in [-0.05, 0) is 26.8 Å². The smallest absolute Gasteiger partial charge is 0.305 e. The quantitative estimate of drug-likeness (QED) is 0.733. The van der Waals surface area contributed by atoms with E-state index in [-0.39, 0.29) is 17.9 Å². The zero-order valence-corrected chi connectivity index (χ0v) is 10.1. The lowest BCUT2D eigenvalue weighted by atomic mass is 9.96. The minimum absolute atomic E-state index is 0.123. The van der Waals surface area contributed by atoms with Crippen LogP contribution in [0.1, 0.15) is 33.6 Å². The lowest BCUT2D eigenvalue weighted by molar-refractivity contribution is -0.144. The lowest BCUT2D eigenvalue weighted by Crippen LogP contribution is -2.65. The SMILES string of the molecule is CCCN1CC(C)(C)NC(=O)C1CC(=O)O. The first kappa shape index (κ1) is 13.0. The van der Waals surface area contributed by atoms with E-state index in [4.69, 9.17) is 5.11 Å². The fraction of sp³-hybridized carbons (Fsp3) is 0.818. The maximum atomic E-state index is 11.8. The number of carboxylic acid groups (broad SMARTS) is 1. The van der Waals surface area contributed by atoms with Gasteiger partial charge in [-0.15, -0.1) is 0 Å². The zero-order valence-electron chi connectivity index (χ0n) is 10.1. The van der Waals surface area contributed by atoms with Gasteiger partial charge in [0.15, 0.2) is 0 Å². The third kappa shape index (κ3) is 3.20. The molecule has 0 radical (unpaired) electrons. The third-order valence-corrected chi connectivity index (χ3v) is 2.68. The van der Waals surface area contributed by atoms with Crippen molar-refractivity contribution in [2.45, 2.75) is 45.2 Å². The second kappa shape index (κ2) is 4.82. The van der Waals surface area contributed by atoms with Gasteiger partial charge in [0, 0.05) is 12.1 Å². The Morgan fingerprint density at radius 1 is 1.62 bits per heavy atom. The van der Waals surface area contributed by atoms with Crippen molar-refractivity contribution in [3.8, 4) is 0 Å². The van der Waals surface area contributed by atoms with Crippen molar-refractivity contribution in [1.29, 1.82) is 0 Å². The van der Waals surface area contributed by atoms with Crippen molar-refractivity contribution in [2.75, 3.05) is 13.1 Å². The second-order valence-electron chi connectivity index (χ2n) is 4.96. The summed E-state index contributed by atoms with van der Waals surface area (Å²) in [6, 6.07) is -0.523. The molecule has 0 bridgehead atoms. The first-order valence-corrected chi connectivity index (χ1v) is 5.63. The molecule has 5 nitrogen and oxygen atoms in total. The van der Waals surface area contributed by atoms with Gasteiger partial charge < -0.3 is 10.4 Å². The maximum absolute atomic E-state index is 11.8. The van der Waals surface area contributed by atoms with E-state index in [0.717, 1.165) is 13.0 Å². The molecule has 0 aromatic rings. The molecule has 1 heterocycles. The number of hydrogen-bond acceptors (Lipinski definition) is 3. The van der Waals surface area contributed by atoms with Crippen molar-refractivity contribution in [2.24, 2.45) is 0 Å². The Balaban J connectivity index is 2.78. The summed E-state index contributed by atoms with van der Waals surface area (Å²) in [5.41, 5.74) is -0.277. The summed E-state index contributed by atoms with van der Waals surface area (Å²) < 4.78 is 0. The van der Waals surface area contributed by atoms with Gasteiger partial charge in [0.05, 0.1) is 12.5 Å². The summed E-state index contributed by atoms with van der Waals surface area (Å²) in [5.74, 6) is -1.10. The van der Waals surface area contributed by atoms with Crippen molar-refractivity contribution >= 4 is 11.9 Å². The predicted octanol–water partition coefficient (Wildman–Crippen LogP) is 0.450. The number of carboxylic acids is 1. The highest BCUT2D eigenvalue weighted by Gasteiger charge is 2.38. The van der Waals surface area contributed by atoms with Crippen LogP contribution in [-0.4, -0.2) is 46.6 Å². The van der Waals surface area contributed by atoms with Crippen LogP contribution in [0.2, 0.25) is 0 Å². The molecule has 1 saturated heterocycles. The van der Waals surface area contributed by atoms with E-state index in [1.54, 1.807) is 0 Å². The molecule has 92 valence electrons. The van der Waals surface area contributed by atoms with E-state index >= 15 is 0 Å². The number of amides is 1. The summed E-state index contributed by atoms with van der Waals surface area (Å²) in [6.07, 6.45) is 0.793. The molecule has 5 heteroatoms. The molecular formula is C11H20N2O3. The molecule has 0 aliphatic carbocycles. The molecule has 1 amide bonds. The number of rotatable bonds is 4. The second-order valence-corrected chi connectivity index (χ2v) is 4.96. The van der Waals surface area contributed by atoms with Gasteiger partial charge in [0.25, 0.3) is 0 Å². The van der Waals surface area contributed by atoms with Gasteiger partial charge in [0.1, 0.15) is 0 Å². The van der Waals surface area contributed by atoms with Crippen LogP contribution in [0, 0.1) is 0 Å². The summed E-state index contributed by atoms with van der Waals surface area (Å²) in [7, 11) is 0. The number of nitrogens with one attached hydrogen (secondary N) is 1. The Morgan fingerprint density at radius 3 is 2.75 bits per heavy atom. The van der Waals surface area contributed by atoms with Gasteiger partial charge in [-0.1, -0.05) is 6.92 Å². The third-order valence-electron chi connectivity index (χ3n) is 2.68. The number of hydrogen-bond donors (Lipinski definition) is 2. The fourth-order valence-corrected chi connectivity index (χ4v) is 2.15. The van der Waals surface area contributed by atoms with Gasteiger partial charge >= 0.3 is 5.97 Å². The number of carbonyl (C=O) groups is 2. The molecule has 0 saturated carbocycles. The minimum Gasteiger partial charge on any atom is -0.481 e. The molecule has 1 fully saturated rings. The van der Waals surface area contributed by atoms with Crippen LogP contribution in [0.4, 0.5) is 0 Å². The Hall–Kier alpha value is -1.10. The fourth-order valence-electron chi connectivity index (χ4n) is 2.15. The van der Waals surface area contributed by atoms with Gasteiger partial charge in [-0.25, -0.2) is 0 Å². The molecule has 1 aliphatic rings. The number of carbonyl (C=O) groups excluding carboxylic acids is 1. The van der Waals surface area contributed by atoms with E-state index in [0.29, 0.717) is 6.54 Å².